The normalized spacial score (nSPS) is 21.4. The fraction of sp³-hybridized carbons (Fsp3) is 0.308. The van der Waals surface area contributed by atoms with Crippen molar-refractivity contribution < 1.29 is 14.4 Å². The van der Waals surface area contributed by atoms with Crippen LogP contribution in [0.1, 0.15) is 24.0 Å². The standard InChI is InChI=1S/C13H13N3O3/c17-7-10-2-3-11(15-14-10)8-1-4-12-9(5-8)6-13(18)16-19-12/h1,4-5,7,10,14H,2-3,6H2,(H,16,18). The van der Waals surface area contributed by atoms with Gasteiger partial charge in [0, 0.05) is 5.56 Å². The average Bonchev–Trinajstić information content (AvgIpc) is 2.46. The molecule has 2 heterocycles. The van der Waals surface area contributed by atoms with Crippen molar-refractivity contribution in [2.75, 3.05) is 0 Å². The van der Waals surface area contributed by atoms with E-state index in [-0.39, 0.29) is 11.9 Å². The Morgan fingerprint density at radius 3 is 3.05 bits per heavy atom. The number of carbonyl (C=O) groups is 2. The van der Waals surface area contributed by atoms with E-state index in [4.69, 9.17) is 4.84 Å². The number of amides is 1. The minimum absolute atomic E-state index is 0.158. The van der Waals surface area contributed by atoms with Gasteiger partial charge in [-0.1, -0.05) is 0 Å². The summed E-state index contributed by atoms with van der Waals surface area (Å²) in [5.74, 6) is 0.507. The number of hydrogen-bond donors (Lipinski definition) is 2. The molecule has 0 fully saturated rings. The minimum Gasteiger partial charge on any atom is -0.379 e. The van der Waals surface area contributed by atoms with Crippen LogP contribution in [-0.2, 0) is 16.0 Å². The summed E-state index contributed by atoms with van der Waals surface area (Å²) in [4.78, 5) is 27.0. The number of aldehydes is 1. The molecular weight excluding hydrogens is 246 g/mol. The maximum Gasteiger partial charge on any atom is 0.257 e. The maximum absolute atomic E-state index is 11.3. The molecule has 6 nitrogen and oxygen atoms in total. The molecule has 1 aromatic rings. The summed E-state index contributed by atoms with van der Waals surface area (Å²) in [6, 6.07) is 5.43. The van der Waals surface area contributed by atoms with E-state index in [0.29, 0.717) is 12.2 Å². The topological polar surface area (TPSA) is 79.8 Å². The van der Waals surface area contributed by atoms with Gasteiger partial charge in [-0.05, 0) is 36.6 Å². The Morgan fingerprint density at radius 2 is 2.32 bits per heavy atom. The summed E-state index contributed by atoms with van der Waals surface area (Å²) in [6.45, 7) is 0. The predicted octanol–water partition coefficient (Wildman–Crippen LogP) is 0.308. The van der Waals surface area contributed by atoms with Crippen molar-refractivity contribution in [2.45, 2.75) is 25.3 Å². The van der Waals surface area contributed by atoms with Crippen LogP contribution in [0.4, 0.5) is 0 Å². The van der Waals surface area contributed by atoms with Crippen LogP contribution in [0.15, 0.2) is 23.3 Å². The van der Waals surface area contributed by atoms with E-state index in [2.05, 4.69) is 16.0 Å². The van der Waals surface area contributed by atoms with Crippen molar-refractivity contribution in [1.82, 2.24) is 10.9 Å². The van der Waals surface area contributed by atoms with Crippen LogP contribution >= 0.6 is 0 Å². The van der Waals surface area contributed by atoms with E-state index in [0.717, 1.165) is 36.0 Å². The number of nitrogens with one attached hydrogen (secondary N) is 2. The Morgan fingerprint density at radius 1 is 1.42 bits per heavy atom. The van der Waals surface area contributed by atoms with E-state index in [1.54, 1.807) is 0 Å². The van der Waals surface area contributed by atoms with Crippen LogP contribution < -0.4 is 15.7 Å². The largest absolute Gasteiger partial charge is 0.379 e. The van der Waals surface area contributed by atoms with E-state index in [1.165, 1.54) is 0 Å². The highest BCUT2D eigenvalue weighted by molar-refractivity contribution is 6.01. The highest BCUT2D eigenvalue weighted by Gasteiger charge is 2.20. The van der Waals surface area contributed by atoms with Crippen molar-refractivity contribution in [1.29, 1.82) is 0 Å². The SMILES string of the molecule is O=CC1CCC(c2ccc3c(c2)CC(=O)NO3)=NN1. The van der Waals surface area contributed by atoms with Gasteiger partial charge in [0.05, 0.1) is 18.2 Å². The number of hydrogen-bond acceptors (Lipinski definition) is 5. The first-order valence-electron chi connectivity index (χ1n) is 6.12. The Labute approximate surface area is 109 Å². The fourth-order valence-electron chi connectivity index (χ4n) is 2.20. The zero-order valence-electron chi connectivity index (χ0n) is 10.2. The van der Waals surface area contributed by atoms with E-state index in [1.807, 2.05) is 18.2 Å². The molecule has 1 aromatic carbocycles. The lowest BCUT2D eigenvalue weighted by atomic mass is 9.98. The third-order valence-corrected chi connectivity index (χ3v) is 3.24. The number of carbonyl (C=O) groups excluding carboxylic acids is 2. The van der Waals surface area contributed by atoms with Crippen molar-refractivity contribution in [3.63, 3.8) is 0 Å². The second-order valence-electron chi connectivity index (χ2n) is 4.60. The minimum atomic E-state index is -0.199. The van der Waals surface area contributed by atoms with E-state index in [9.17, 15) is 9.59 Å². The molecule has 0 spiro atoms. The number of hydroxylamine groups is 1. The van der Waals surface area contributed by atoms with Gasteiger partial charge in [0.1, 0.15) is 6.29 Å². The number of rotatable bonds is 2. The number of fused-ring (bicyclic) bond motifs is 1. The second-order valence-corrected chi connectivity index (χ2v) is 4.60. The molecule has 1 amide bonds. The predicted molar refractivity (Wildman–Crippen MR) is 67.7 cm³/mol. The van der Waals surface area contributed by atoms with Gasteiger partial charge < -0.3 is 9.63 Å². The highest BCUT2D eigenvalue weighted by atomic mass is 16.7. The van der Waals surface area contributed by atoms with Crippen LogP contribution in [0.3, 0.4) is 0 Å². The summed E-state index contributed by atoms with van der Waals surface area (Å²) in [5, 5.41) is 4.21. The Kier molecular flexibility index (Phi) is 2.91. The van der Waals surface area contributed by atoms with Crippen LogP contribution in [0, 0.1) is 0 Å². The van der Waals surface area contributed by atoms with E-state index >= 15 is 0 Å². The lowest BCUT2D eigenvalue weighted by molar-refractivity contribution is -0.128. The molecule has 1 atom stereocenters. The average molecular weight is 259 g/mol. The monoisotopic (exact) mass is 259 g/mol. The maximum atomic E-state index is 11.3. The van der Waals surface area contributed by atoms with Crippen LogP contribution in [-0.4, -0.2) is 23.9 Å². The quantitative estimate of drug-likeness (QED) is 0.749. The molecular formula is C13H13N3O3. The van der Waals surface area contributed by atoms with Crippen molar-refractivity contribution in [3.8, 4) is 5.75 Å². The molecule has 2 aliphatic rings. The molecule has 0 saturated carbocycles. The first kappa shape index (κ1) is 11.7. The smallest absolute Gasteiger partial charge is 0.257 e. The molecule has 98 valence electrons. The van der Waals surface area contributed by atoms with Gasteiger partial charge >= 0.3 is 0 Å². The van der Waals surface area contributed by atoms with Crippen LogP contribution in [0.25, 0.3) is 0 Å². The molecule has 1 unspecified atom stereocenters. The summed E-state index contributed by atoms with van der Waals surface area (Å²) < 4.78 is 0. The molecule has 2 aliphatic heterocycles. The molecule has 3 rings (SSSR count). The summed E-state index contributed by atoms with van der Waals surface area (Å²) in [6.07, 6.45) is 2.64. The van der Waals surface area contributed by atoms with Crippen LogP contribution in [0.5, 0.6) is 5.75 Å². The molecule has 0 radical (unpaired) electrons. The zero-order chi connectivity index (χ0) is 13.2. The van der Waals surface area contributed by atoms with Gasteiger partial charge in [-0.25, -0.2) is 0 Å². The molecule has 19 heavy (non-hydrogen) atoms. The molecule has 6 heteroatoms. The van der Waals surface area contributed by atoms with Crippen molar-refractivity contribution >= 4 is 17.9 Å². The van der Waals surface area contributed by atoms with E-state index < -0.39 is 0 Å². The Balaban J connectivity index is 1.86. The van der Waals surface area contributed by atoms with Gasteiger partial charge in [0.25, 0.3) is 5.91 Å². The van der Waals surface area contributed by atoms with Crippen molar-refractivity contribution in [3.05, 3.63) is 29.3 Å². The second kappa shape index (κ2) is 4.72. The first-order chi connectivity index (χ1) is 9.26. The highest BCUT2D eigenvalue weighted by Crippen LogP contribution is 2.24. The molecule has 0 aliphatic carbocycles. The summed E-state index contributed by atoms with van der Waals surface area (Å²) in [7, 11) is 0. The third-order valence-electron chi connectivity index (χ3n) is 3.24. The number of nitrogens with zero attached hydrogens (tertiary/aromatic N) is 1. The summed E-state index contributed by atoms with van der Waals surface area (Å²) in [5.41, 5.74) is 7.84. The van der Waals surface area contributed by atoms with Crippen molar-refractivity contribution in [2.24, 2.45) is 5.10 Å². The molecule has 2 N–H and O–H groups in total. The van der Waals surface area contributed by atoms with Gasteiger partial charge in [-0.15, -0.1) is 0 Å². The third kappa shape index (κ3) is 2.29. The number of benzene rings is 1. The fourth-order valence-corrected chi connectivity index (χ4v) is 2.20. The lowest BCUT2D eigenvalue weighted by Gasteiger charge is -2.21. The Hall–Kier alpha value is -2.37. The first-order valence-corrected chi connectivity index (χ1v) is 6.12. The zero-order valence-corrected chi connectivity index (χ0v) is 10.2. The molecule has 0 saturated heterocycles. The lowest BCUT2D eigenvalue weighted by Crippen LogP contribution is -2.34. The molecule has 0 bridgehead atoms. The number of hydrazone groups is 1. The Bertz CT molecular complexity index is 568. The molecule has 0 aromatic heterocycles. The van der Waals surface area contributed by atoms with Crippen LogP contribution in [0.2, 0.25) is 0 Å². The summed E-state index contributed by atoms with van der Waals surface area (Å²) >= 11 is 0. The van der Waals surface area contributed by atoms with Gasteiger partial charge in [-0.3, -0.25) is 10.2 Å². The van der Waals surface area contributed by atoms with Gasteiger partial charge in [0.15, 0.2) is 5.75 Å². The van der Waals surface area contributed by atoms with Gasteiger partial charge in [-0.2, -0.15) is 10.6 Å². The van der Waals surface area contributed by atoms with Gasteiger partial charge in [0.2, 0.25) is 0 Å².